The molecular weight excluding hydrogens is 342 g/mol. The van der Waals surface area contributed by atoms with E-state index in [0.717, 1.165) is 0 Å². The van der Waals surface area contributed by atoms with Crippen LogP contribution in [0.15, 0.2) is 91.0 Å². The van der Waals surface area contributed by atoms with Gasteiger partial charge in [0.15, 0.2) is 0 Å². The van der Waals surface area contributed by atoms with Crippen molar-refractivity contribution < 1.29 is 13.7 Å². The molecular formula is C18H19ClCoP. The predicted molar refractivity (Wildman–Crippen MR) is 96.6 cm³/mol. The molecule has 0 N–H and O–H groups in total. The first kappa shape index (κ1) is 17.9. The minimum atomic E-state index is -0.419. The Kier molecular flexibility index (Phi) is 7.70. The summed E-state index contributed by atoms with van der Waals surface area (Å²) in [6.45, 7) is 0. The molecule has 0 radical (unpaired) electrons. The first-order chi connectivity index (χ1) is 9.45. The van der Waals surface area contributed by atoms with Gasteiger partial charge >= 0.3 is 118 Å². The van der Waals surface area contributed by atoms with Gasteiger partial charge in [0.05, 0.1) is 0 Å². The van der Waals surface area contributed by atoms with Crippen LogP contribution < -0.4 is 13.5 Å². The molecule has 0 spiro atoms. The van der Waals surface area contributed by atoms with Crippen LogP contribution in [0.4, 0.5) is 0 Å². The average Bonchev–Trinajstić information content (AvgIpc) is 2.51. The molecule has 3 heteroatoms. The van der Waals surface area contributed by atoms with Gasteiger partial charge in [0.2, 0.25) is 0 Å². The van der Waals surface area contributed by atoms with Gasteiger partial charge in [-0.3, -0.25) is 0 Å². The molecule has 0 aliphatic rings. The number of hydrogen-bond acceptors (Lipinski definition) is 0. The fraction of sp³-hybridized carbons (Fsp3) is 0. The summed E-state index contributed by atoms with van der Waals surface area (Å²) in [6.07, 6.45) is 0. The zero-order chi connectivity index (χ0) is 12.9. The maximum atomic E-state index is 2.23. The van der Waals surface area contributed by atoms with Gasteiger partial charge in [0.1, 0.15) is 0 Å². The van der Waals surface area contributed by atoms with Gasteiger partial charge in [-0.15, -0.1) is 12.4 Å². The molecule has 0 aliphatic carbocycles. The van der Waals surface area contributed by atoms with E-state index in [4.69, 9.17) is 0 Å². The van der Waals surface area contributed by atoms with E-state index in [9.17, 15) is 0 Å². The van der Waals surface area contributed by atoms with Crippen LogP contribution in [0.3, 0.4) is 0 Å². The predicted octanol–water partition coefficient (Wildman–Crippen LogP) is 3.06. The van der Waals surface area contributed by atoms with Gasteiger partial charge in [-0.25, -0.2) is 0 Å². The van der Waals surface area contributed by atoms with E-state index < -0.39 is 13.7 Å². The minimum absolute atomic E-state index is 0. The second-order valence-electron chi connectivity index (χ2n) is 4.06. The van der Waals surface area contributed by atoms with Crippen molar-refractivity contribution in [3.05, 3.63) is 91.0 Å². The summed E-state index contributed by atoms with van der Waals surface area (Å²) in [5, 5.41) is 0. The van der Waals surface area contributed by atoms with Crippen molar-refractivity contribution in [2.45, 2.75) is 0 Å². The second-order valence-corrected chi connectivity index (χ2v) is 6.64. The normalized spacial score (nSPS) is 10.0. The van der Waals surface area contributed by atoms with Crippen LogP contribution in [-0.2, 0) is 13.7 Å². The molecule has 0 heterocycles. The molecule has 0 amide bonds. The van der Waals surface area contributed by atoms with Crippen molar-refractivity contribution >= 4 is 35.8 Å². The monoisotopic (exact) mass is 360 g/mol. The summed E-state index contributed by atoms with van der Waals surface area (Å²) in [4.78, 5) is 0. The van der Waals surface area contributed by atoms with Crippen molar-refractivity contribution in [2.75, 3.05) is 0 Å². The van der Waals surface area contributed by atoms with Gasteiger partial charge in [-0.2, -0.15) is 9.90 Å². The van der Waals surface area contributed by atoms with Gasteiger partial charge in [0, 0.05) is 0 Å². The summed E-state index contributed by atoms with van der Waals surface area (Å²) in [6, 6.07) is 32.3. The van der Waals surface area contributed by atoms with E-state index in [-0.39, 0.29) is 22.3 Å². The van der Waals surface area contributed by atoms with Crippen molar-refractivity contribution in [1.82, 2.24) is 0 Å². The van der Waals surface area contributed by atoms with E-state index in [1.165, 1.54) is 13.5 Å². The van der Waals surface area contributed by atoms with E-state index in [2.05, 4.69) is 91.0 Å². The molecule has 21 heavy (non-hydrogen) atoms. The van der Waals surface area contributed by atoms with E-state index in [1.807, 2.05) is 0 Å². The van der Waals surface area contributed by atoms with Crippen molar-refractivity contribution in [2.24, 2.45) is 0 Å². The van der Waals surface area contributed by atoms with Crippen LogP contribution in [0, 0.1) is 0 Å². The Morgan fingerprint density at radius 3 is 0.905 bits per heavy atom. The third-order valence-electron chi connectivity index (χ3n) is 2.73. The summed E-state index contributed by atoms with van der Waals surface area (Å²) >= 11 is -0.419. The van der Waals surface area contributed by atoms with Gasteiger partial charge in [-0.05, 0) is 0 Å². The quantitative estimate of drug-likeness (QED) is 0.630. The Hall–Kier alpha value is -1.11. The molecule has 3 rings (SSSR count). The maximum absolute atomic E-state index is 2.23. The van der Waals surface area contributed by atoms with E-state index >= 15 is 0 Å². The molecule has 1 unspecified atom stereocenters. The van der Waals surface area contributed by atoms with Crippen LogP contribution in [0.2, 0.25) is 0 Å². The van der Waals surface area contributed by atoms with Gasteiger partial charge in [-0.1, -0.05) is 0 Å². The zero-order valence-electron chi connectivity index (χ0n) is 11.6. The number of hydrogen-bond donors (Lipinski definition) is 0. The van der Waals surface area contributed by atoms with Crippen LogP contribution in [0.5, 0.6) is 0 Å². The van der Waals surface area contributed by atoms with Crippen LogP contribution in [0.25, 0.3) is 0 Å². The Morgan fingerprint density at radius 1 is 0.429 bits per heavy atom. The zero-order valence-corrected chi connectivity index (χ0v) is 14.9. The topological polar surface area (TPSA) is 0 Å². The van der Waals surface area contributed by atoms with E-state index in [0.29, 0.717) is 0 Å². The fourth-order valence-corrected chi connectivity index (χ4v) is 4.57. The number of benzene rings is 3. The van der Waals surface area contributed by atoms with Crippen LogP contribution >= 0.6 is 22.3 Å². The molecule has 3 aromatic rings. The van der Waals surface area contributed by atoms with Crippen LogP contribution in [-0.4, -0.2) is 0 Å². The number of halogens is 1. The second kappa shape index (κ2) is 9.02. The van der Waals surface area contributed by atoms with Crippen LogP contribution in [0.1, 0.15) is 0 Å². The Labute approximate surface area is 140 Å². The van der Waals surface area contributed by atoms with Crippen molar-refractivity contribution in [3.8, 4) is 0 Å². The van der Waals surface area contributed by atoms with Gasteiger partial charge in [0.25, 0.3) is 0 Å². The summed E-state index contributed by atoms with van der Waals surface area (Å²) < 4.78 is 4.19. The summed E-state index contributed by atoms with van der Waals surface area (Å²) in [5.74, 6) is 0. The fourth-order valence-electron chi connectivity index (χ4n) is 1.88. The molecule has 0 saturated carbocycles. The van der Waals surface area contributed by atoms with Crippen molar-refractivity contribution in [1.29, 1.82) is 0 Å². The van der Waals surface area contributed by atoms with Crippen molar-refractivity contribution in [3.63, 3.8) is 0 Å². The molecule has 0 nitrogen and oxygen atoms in total. The summed E-state index contributed by atoms with van der Waals surface area (Å²) in [7, 11) is 0. The molecule has 0 bridgehead atoms. The third-order valence-corrected chi connectivity index (χ3v) is 5.58. The molecule has 0 fully saturated rings. The van der Waals surface area contributed by atoms with E-state index in [1.54, 1.807) is 0 Å². The molecule has 0 aromatic heterocycles. The molecule has 3 aromatic carbocycles. The SMILES string of the molecule is Cl.P.c1cc[c]([Co]([c]2ccccc2)[c]2ccccc2)cc1. The molecule has 0 aliphatic heterocycles. The van der Waals surface area contributed by atoms with Gasteiger partial charge < -0.3 is 0 Å². The Balaban J connectivity index is 0.00000110. The summed E-state index contributed by atoms with van der Waals surface area (Å²) in [5.41, 5.74) is 0. The Bertz CT molecular complexity index is 535. The standard InChI is InChI=1S/3C6H5.ClH.Co.H3P/c3*1-2-4-6-5-3-1;;;/h3*1-5H;1H;;1H3. The first-order valence-corrected chi connectivity index (χ1v) is 7.79. The molecule has 112 valence electrons. The first-order valence-electron chi connectivity index (χ1n) is 6.23. The number of rotatable bonds is 3. The third kappa shape index (κ3) is 4.43. The Morgan fingerprint density at radius 2 is 0.667 bits per heavy atom. The average molecular weight is 361 g/mol. The molecule has 0 saturated heterocycles. The molecule has 1 atom stereocenters.